The summed E-state index contributed by atoms with van der Waals surface area (Å²) in [7, 11) is 0. The van der Waals surface area contributed by atoms with E-state index in [-0.39, 0.29) is 22.0 Å². The monoisotopic (exact) mass is 320 g/mol. The average Bonchev–Trinajstić information content (AvgIpc) is 2.47. The van der Waals surface area contributed by atoms with Gasteiger partial charge in [0.25, 0.3) is 5.69 Å². The maximum absolute atomic E-state index is 13.5. The highest BCUT2D eigenvalue weighted by Crippen LogP contribution is 2.21. The molecular formula is C15H10ClFN2O3. The minimum atomic E-state index is -0.565. The lowest BCUT2D eigenvalue weighted by Gasteiger charge is -2.02. The quantitative estimate of drug-likeness (QED) is 0.525. The Morgan fingerprint density at radius 2 is 2.00 bits per heavy atom. The van der Waals surface area contributed by atoms with Crippen LogP contribution in [0.4, 0.5) is 15.8 Å². The van der Waals surface area contributed by atoms with Gasteiger partial charge in [-0.25, -0.2) is 4.39 Å². The van der Waals surface area contributed by atoms with E-state index in [0.717, 1.165) is 6.08 Å². The molecule has 2 aromatic rings. The predicted octanol–water partition coefficient (Wildman–Crippen LogP) is 4.04. The molecule has 7 heteroatoms. The number of carbonyl (C=O) groups is 1. The highest BCUT2D eigenvalue weighted by molar-refractivity contribution is 6.32. The van der Waals surface area contributed by atoms with E-state index in [2.05, 4.69) is 5.32 Å². The Kier molecular flexibility index (Phi) is 4.85. The van der Waals surface area contributed by atoms with Gasteiger partial charge in [0.2, 0.25) is 5.91 Å². The Bertz CT molecular complexity index is 742. The second-order valence-electron chi connectivity index (χ2n) is 4.27. The molecule has 5 nitrogen and oxygen atoms in total. The Hall–Kier alpha value is -2.73. The Labute approximate surface area is 130 Å². The van der Waals surface area contributed by atoms with E-state index in [4.69, 9.17) is 11.6 Å². The Morgan fingerprint density at radius 1 is 1.27 bits per heavy atom. The van der Waals surface area contributed by atoms with E-state index in [9.17, 15) is 19.3 Å². The number of nitrogens with zero attached hydrogens (tertiary/aromatic N) is 1. The fraction of sp³-hybridized carbons (Fsp3) is 0. The van der Waals surface area contributed by atoms with Gasteiger partial charge < -0.3 is 5.32 Å². The summed E-state index contributed by atoms with van der Waals surface area (Å²) in [6.45, 7) is 0. The third-order valence-corrected chi connectivity index (χ3v) is 3.06. The molecule has 0 spiro atoms. The summed E-state index contributed by atoms with van der Waals surface area (Å²) in [5, 5.41) is 13.3. The lowest BCUT2D eigenvalue weighted by Crippen LogP contribution is -2.08. The van der Waals surface area contributed by atoms with Crippen molar-refractivity contribution in [3.63, 3.8) is 0 Å². The first-order valence-electron chi connectivity index (χ1n) is 6.15. The number of halogens is 2. The van der Waals surface area contributed by atoms with Crippen molar-refractivity contribution in [3.8, 4) is 0 Å². The van der Waals surface area contributed by atoms with E-state index < -0.39 is 16.6 Å². The fourth-order valence-electron chi connectivity index (χ4n) is 1.71. The maximum Gasteiger partial charge on any atom is 0.271 e. The molecule has 112 valence electrons. The summed E-state index contributed by atoms with van der Waals surface area (Å²) in [4.78, 5) is 21.8. The molecule has 0 aliphatic carbocycles. The highest BCUT2D eigenvalue weighted by Gasteiger charge is 2.07. The van der Waals surface area contributed by atoms with E-state index in [1.54, 1.807) is 0 Å². The van der Waals surface area contributed by atoms with Crippen LogP contribution in [-0.2, 0) is 4.79 Å². The molecule has 0 atom stereocenters. The normalized spacial score (nSPS) is 10.6. The minimum absolute atomic E-state index is 0.0957. The van der Waals surface area contributed by atoms with Crippen LogP contribution in [0.25, 0.3) is 6.08 Å². The lowest BCUT2D eigenvalue weighted by molar-refractivity contribution is -0.384. The zero-order valence-corrected chi connectivity index (χ0v) is 11.9. The molecule has 1 amide bonds. The first kappa shape index (κ1) is 15.7. The molecule has 2 rings (SSSR count). The average molecular weight is 321 g/mol. The minimum Gasteiger partial charge on any atom is -0.322 e. The van der Waals surface area contributed by atoms with E-state index in [1.165, 1.54) is 48.5 Å². The van der Waals surface area contributed by atoms with Gasteiger partial charge >= 0.3 is 0 Å². The molecule has 0 fully saturated rings. The lowest BCUT2D eigenvalue weighted by atomic mass is 10.2. The number of nitro benzene ring substituents is 1. The summed E-state index contributed by atoms with van der Waals surface area (Å²) in [5.41, 5.74) is 0.223. The molecule has 0 saturated heterocycles. The number of hydrogen-bond donors (Lipinski definition) is 1. The van der Waals surface area contributed by atoms with Gasteiger partial charge in [-0.3, -0.25) is 14.9 Å². The standard InChI is InChI=1S/C15H10ClFN2O3/c16-13-5-2-6-14(17)12(13)7-8-15(20)18-10-3-1-4-11(9-10)19(21)22/h1-9H,(H,18,20)/b8-7+. The maximum atomic E-state index is 13.5. The number of nitrogens with one attached hydrogen (secondary N) is 1. The first-order valence-corrected chi connectivity index (χ1v) is 6.52. The highest BCUT2D eigenvalue weighted by atomic mass is 35.5. The topological polar surface area (TPSA) is 72.2 Å². The SMILES string of the molecule is O=C(/C=C/c1c(F)cccc1Cl)Nc1cccc([N+](=O)[O-])c1. The number of nitro groups is 1. The molecule has 0 aliphatic heterocycles. The van der Waals surface area contributed by atoms with Gasteiger partial charge in [-0.1, -0.05) is 23.7 Å². The predicted molar refractivity (Wildman–Crippen MR) is 82.2 cm³/mol. The third kappa shape index (κ3) is 3.89. The third-order valence-electron chi connectivity index (χ3n) is 2.73. The van der Waals surface area contributed by atoms with E-state index >= 15 is 0 Å². The molecule has 0 heterocycles. The number of amides is 1. The number of rotatable bonds is 4. The molecule has 0 aromatic heterocycles. The van der Waals surface area contributed by atoms with Gasteiger partial charge in [0, 0.05) is 29.5 Å². The smallest absolute Gasteiger partial charge is 0.271 e. The van der Waals surface area contributed by atoms with Gasteiger partial charge in [0.05, 0.1) is 9.95 Å². The van der Waals surface area contributed by atoms with Crippen molar-refractivity contribution in [1.82, 2.24) is 0 Å². The van der Waals surface area contributed by atoms with Crippen LogP contribution in [0, 0.1) is 15.9 Å². The second kappa shape index (κ2) is 6.82. The van der Waals surface area contributed by atoms with Crippen molar-refractivity contribution in [2.24, 2.45) is 0 Å². The van der Waals surface area contributed by atoms with Crippen molar-refractivity contribution in [2.45, 2.75) is 0 Å². The van der Waals surface area contributed by atoms with E-state index in [1.807, 2.05) is 0 Å². The van der Waals surface area contributed by atoms with Crippen LogP contribution in [0.2, 0.25) is 5.02 Å². The molecule has 2 aromatic carbocycles. The number of non-ortho nitro benzene ring substituents is 1. The van der Waals surface area contributed by atoms with Gasteiger partial charge in [0.15, 0.2) is 0 Å². The molecule has 0 saturated carbocycles. The van der Waals surface area contributed by atoms with Gasteiger partial charge in [-0.05, 0) is 24.3 Å². The van der Waals surface area contributed by atoms with Crippen LogP contribution in [0.3, 0.4) is 0 Å². The zero-order chi connectivity index (χ0) is 16.1. The molecule has 0 radical (unpaired) electrons. The van der Waals surface area contributed by atoms with Crippen LogP contribution in [-0.4, -0.2) is 10.8 Å². The fourth-order valence-corrected chi connectivity index (χ4v) is 1.94. The summed E-state index contributed by atoms with van der Waals surface area (Å²) in [6.07, 6.45) is 2.34. The second-order valence-corrected chi connectivity index (χ2v) is 4.67. The number of anilines is 1. The van der Waals surface area contributed by atoms with Crippen LogP contribution in [0.15, 0.2) is 48.5 Å². The molecule has 0 aliphatic rings. The Morgan fingerprint density at radius 3 is 2.68 bits per heavy atom. The largest absolute Gasteiger partial charge is 0.322 e. The molecular weight excluding hydrogens is 311 g/mol. The molecule has 0 unspecified atom stereocenters. The number of carbonyl (C=O) groups excluding carboxylic acids is 1. The van der Waals surface area contributed by atoms with Crippen molar-refractivity contribution in [3.05, 3.63) is 75.1 Å². The zero-order valence-electron chi connectivity index (χ0n) is 11.1. The van der Waals surface area contributed by atoms with Gasteiger partial charge in [0.1, 0.15) is 5.82 Å². The van der Waals surface area contributed by atoms with Crippen LogP contribution in [0.1, 0.15) is 5.56 Å². The molecule has 22 heavy (non-hydrogen) atoms. The molecule has 0 bridgehead atoms. The van der Waals surface area contributed by atoms with Crippen molar-refractivity contribution in [1.29, 1.82) is 0 Å². The van der Waals surface area contributed by atoms with Crippen molar-refractivity contribution >= 4 is 35.0 Å². The van der Waals surface area contributed by atoms with Crippen LogP contribution < -0.4 is 5.32 Å². The summed E-state index contributed by atoms with van der Waals surface area (Å²) < 4.78 is 13.5. The number of benzene rings is 2. The molecule has 1 N–H and O–H groups in total. The van der Waals surface area contributed by atoms with E-state index in [0.29, 0.717) is 0 Å². The van der Waals surface area contributed by atoms with Crippen LogP contribution >= 0.6 is 11.6 Å². The summed E-state index contributed by atoms with van der Waals surface area (Å²) >= 11 is 5.83. The van der Waals surface area contributed by atoms with Crippen LogP contribution in [0.5, 0.6) is 0 Å². The Balaban J connectivity index is 2.12. The van der Waals surface area contributed by atoms with Gasteiger partial charge in [-0.2, -0.15) is 0 Å². The van der Waals surface area contributed by atoms with Crippen molar-refractivity contribution in [2.75, 3.05) is 5.32 Å². The summed E-state index contributed by atoms with van der Waals surface area (Å²) in [5.74, 6) is -1.10. The first-order chi connectivity index (χ1) is 10.5. The van der Waals surface area contributed by atoms with Gasteiger partial charge in [-0.15, -0.1) is 0 Å². The summed E-state index contributed by atoms with van der Waals surface area (Å²) in [6, 6.07) is 9.68. The van der Waals surface area contributed by atoms with Crippen molar-refractivity contribution < 1.29 is 14.1 Å². The number of hydrogen-bond acceptors (Lipinski definition) is 3.